The lowest BCUT2D eigenvalue weighted by molar-refractivity contribution is -0.134. The number of fused-ring (bicyclic) bond motifs is 2. The van der Waals surface area contributed by atoms with Crippen molar-refractivity contribution >= 4 is 29.1 Å². The number of hydrogen-bond donors (Lipinski definition) is 0. The van der Waals surface area contributed by atoms with Gasteiger partial charge in [-0.15, -0.1) is 0 Å². The molecule has 2 saturated carbocycles. The van der Waals surface area contributed by atoms with Crippen molar-refractivity contribution in [2.45, 2.75) is 59.9 Å². The quantitative estimate of drug-likeness (QED) is 0.690. The second-order valence-corrected chi connectivity index (χ2v) is 10.5. The summed E-state index contributed by atoms with van der Waals surface area (Å²) in [5.41, 5.74) is 0.598. The first kappa shape index (κ1) is 16.6. The predicted molar refractivity (Wildman–Crippen MR) is 91.8 cm³/mol. The molecule has 0 aromatic heterocycles. The van der Waals surface area contributed by atoms with Gasteiger partial charge in [0, 0.05) is 12.6 Å². The summed E-state index contributed by atoms with van der Waals surface area (Å²) in [6.07, 6.45) is 5.34. The smallest absolute Gasteiger partial charge is 0.227 e. The molecule has 3 fully saturated rings. The van der Waals surface area contributed by atoms with Crippen molar-refractivity contribution in [2.24, 2.45) is 28.1 Å². The van der Waals surface area contributed by atoms with Gasteiger partial charge in [0.1, 0.15) is 4.49 Å². The molecule has 0 unspecified atom stereocenters. The fourth-order valence-corrected chi connectivity index (χ4v) is 5.76. The minimum absolute atomic E-state index is 0.0285. The third-order valence-corrected chi connectivity index (χ3v) is 6.43. The fraction of sp³-hybridized carbons (Fsp3) is 0.833. The molecule has 1 amide bonds. The van der Waals surface area contributed by atoms with E-state index in [2.05, 4.69) is 39.5 Å². The summed E-state index contributed by atoms with van der Waals surface area (Å²) in [6, 6.07) is 0.411. The number of nitrogens with zero attached hydrogens (tertiary/aromatic N) is 1. The van der Waals surface area contributed by atoms with Gasteiger partial charge in [-0.3, -0.25) is 4.79 Å². The molecule has 2 bridgehead atoms. The number of carbonyl (C=O) groups is 1. The van der Waals surface area contributed by atoms with Gasteiger partial charge in [0.15, 0.2) is 0 Å². The average Bonchev–Trinajstić information content (AvgIpc) is 2.70. The molecule has 1 heterocycles. The number of rotatable bonds is 2. The number of hydrogen-bond acceptors (Lipinski definition) is 1. The Labute approximate surface area is 144 Å². The molecule has 22 heavy (non-hydrogen) atoms. The van der Waals surface area contributed by atoms with E-state index in [0.29, 0.717) is 17.4 Å². The van der Waals surface area contributed by atoms with Crippen LogP contribution in [-0.2, 0) is 4.79 Å². The Morgan fingerprint density at radius 3 is 2.36 bits per heavy atom. The van der Waals surface area contributed by atoms with Gasteiger partial charge in [0.25, 0.3) is 0 Å². The normalized spacial score (nSPS) is 41.2. The molecule has 3 rings (SSSR count). The van der Waals surface area contributed by atoms with E-state index in [1.165, 1.54) is 6.42 Å². The Morgan fingerprint density at radius 2 is 1.77 bits per heavy atom. The molecule has 2 aliphatic carbocycles. The number of carbonyl (C=O) groups excluding carboxylic acids is 1. The molecule has 1 saturated heterocycles. The lowest BCUT2D eigenvalue weighted by Crippen LogP contribution is -2.39. The van der Waals surface area contributed by atoms with Crippen LogP contribution in [-0.4, -0.2) is 23.4 Å². The summed E-state index contributed by atoms with van der Waals surface area (Å²) < 4.78 is 0.279. The zero-order chi connectivity index (χ0) is 16.5. The topological polar surface area (TPSA) is 20.3 Å². The molecule has 4 atom stereocenters. The maximum Gasteiger partial charge on any atom is 0.227 e. The summed E-state index contributed by atoms with van der Waals surface area (Å²) in [4.78, 5) is 15.3. The van der Waals surface area contributed by atoms with Crippen LogP contribution in [0.4, 0.5) is 0 Å². The van der Waals surface area contributed by atoms with Crippen LogP contribution in [0.5, 0.6) is 0 Å². The molecule has 124 valence electrons. The monoisotopic (exact) mass is 343 g/mol. The Morgan fingerprint density at radius 1 is 1.14 bits per heavy atom. The highest BCUT2D eigenvalue weighted by molar-refractivity contribution is 6.55. The van der Waals surface area contributed by atoms with Gasteiger partial charge in [-0.1, -0.05) is 57.8 Å². The van der Waals surface area contributed by atoms with E-state index in [1.54, 1.807) is 0 Å². The number of allylic oxidation sites excluding steroid dienone is 1. The average molecular weight is 344 g/mol. The number of likely N-dealkylation sites (tertiary alicyclic amines) is 1. The van der Waals surface area contributed by atoms with Crippen molar-refractivity contribution in [2.75, 3.05) is 6.54 Å². The number of halogens is 2. The summed E-state index contributed by atoms with van der Waals surface area (Å²) in [7, 11) is 0. The van der Waals surface area contributed by atoms with Gasteiger partial charge in [0.2, 0.25) is 5.91 Å². The first-order valence-corrected chi connectivity index (χ1v) is 9.04. The highest BCUT2D eigenvalue weighted by atomic mass is 35.5. The molecule has 4 heteroatoms. The van der Waals surface area contributed by atoms with E-state index in [4.69, 9.17) is 23.2 Å². The fourth-order valence-electron chi connectivity index (χ4n) is 5.49. The zero-order valence-electron chi connectivity index (χ0n) is 14.2. The summed E-state index contributed by atoms with van der Waals surface area (Å²) in [5.74, 6) is 0.518. The third-order valence-electron chi connectivity index (χ3n) is 6.18. The van der Waals surface area contributed by atoms with Crippen LogP contribution >= 0.6 is 23.2 Å². The van der Waals surface area contributed by atoms with Crippen LogP contribution in [0.1, 0.15) is 53.9 Å². The summed E-state index contributed by atoms with van der Waals surface area (Å²) in [6.45, 7) is 12.2. The van der Waals surface area contributed by atoms with Crippen molar-refractivity contribution in [3.63, 3.8) is 0 Å². The minimum atomic E-state index is -0.0285. The Kier molecular flexibility index (Phi) is 3.70. The van der Waals surface area contributed by atoms with Gasteiger partial charge >= 0.3 is 0 Å². The van der Waals surface area contributed by atoms with Gasteiger partial charge < -0.3 is 4.90 Å². The molecule has 0 aromatic rings. The molecular weight excluding hydrogens is 317 g/mol. The van der Waals surface area contributed by atoms with E-state index >= 15 is 0 Å². The lowest BCUT2D eigenvalue weighted by Gasteiger charge is -2.39. The maximum atomic E-state index is 13.1. The van der Waals surface area contributed by atoms with E-state index in [-0.39, 0.29) is 27.2 Å². The molecule has 0 N–H and O–H groups in total. The second-order valence-electron chi connectivity index (χ2n) is 9.46. The third kappa shape index (κ3) is 2.71. The molecular formula is C18H27Cl2NO. The van der Waals surface area contributed by atoms with Crippen LogP contribution in [0.2, 0.25) is 0 Å². The van der Waals surface area contributed by atoms with Crippen molar-refractivity contribution in [3.8, 4) is 0 Å². The summed E-state index contributed by atoms with van der Waals surface area (Å²) >= 11 is 11.6. The van der Waals surface area contributed by atoms with E-state index in [1.807, 2.05) is 6.08 Å². The molecule has 2 nitrogen and oxygen atoms in total. The Bertz CT molecular complexity index is 535. The van der Waals surface area contributed by atoms with Gasteiger partial charge in [-0.05, 0) is 47.5 Å². The standard InChI is InChI=1S/C18H27Cl2NO/c1-16(2)7-11-8-18(5,9-16)10-21(11)15(22)14-12(6-13(19)20)17(14,3)4/h6,11-12,14H,7-10H2,1-5H3/t11-,12+,14+,18-/m0/s1. The van der Waals surface area contributed by atoms with Crippen LogP contribution < -0.4 is 0 Å². The molecule has 0 spiro atoms. The first-order chi connectivity index (χ1) is 9.95. The maximum absolute atomic E-state index is 13.1. The predicted octanol–water partition coefficient (Wildman–Crippen LogP) is 5.00. The summed E-state index contributed by atoms with van der Waals surface area (Å²) in [5, 5.41) is 0. The lowest BCUT2D eigenvalue weighted by atomic mass is 9.65. The molecule has 0 radical (unpaired) electrons. The van der Waals surface area contributed by atoms with Crippen LogP contribution in [0.15, 0.2) is 10.6 Å². The van der Waals surface area contributed by atoms with Gasteiger partial charge in [0.05, 0.1) is 5.92 Å². The van der Waals surface area contributed by atoms with Gasteiger partial charge in [-0.25, -0.2) is 0 Å². The first-order valence-electron chi connectivity index (χ1n) is 8.29. The van der Waals surface area contributed by atoms with E-state index < -0.39 is 0 Å². The SMILES string of the molecule is CC1(C)C[C@H]2C[C@](C)(CN2C(=O)[C@H]2[C@@H](C=C(Cl)Cl)C2(C)C)C1. The molecule has 1 aliphatic heterocycles. The van der Waals surface area contributed by atoms with Crippen LogP contribution in [0.25, 0.3) is 0 Å². The Hall–Kier alpha value is -0.210. The van der Waals surface area contributed by atoms with E-state index in [0.717, 1.165) is 19.4 Å². The van der Waals surface area contributed by atoms with Crippen molar-refractivity contribution in [3.05, 3.63) is 10.6 Å². The largest absolute Gasteiger partial charge is 0.339 e. The highest BCUT2D eigenvalue weighted by Crippen LogP contribution is 2.62. The van der Waals surface area contributed by atoms with Crippen molar-refractivity contribution in [1.29, 1.82) is 0 Å². The van der Waals surface area contributed by atoms with Crippen LogP contribution in [0.3, 0.4) is 0 Å². The van der Waals surface area contributed by atoms with E-state index in [9.17, 15) is 4.79 Å². The Balaban J connectivity index is 1.79. The second kappa shape index (κ2) is 4.89. The molecule has 0 aromatic carbocycles. The zero-order valence-corrected chi connectivity index (χ0v) is 15.8. The van der Waals surface area contributed by atoms with Crippen LogP contribution in [0, 0.1) is 28.1 Å². The van der Waals surface area contributed by atoms with Crippen molar-refractivity contribution in [1.82, 2.24) is 4.90 Å². The minimum Gasteiger partial charge on any atom is -0.339 e. The highest BCUT2D eigenvalue weighted by Gasteiger charge is 2.63. The molecule has 3 aliphatic rings. The number of amides is 1. The van der Waals surface area contributed by atoms with Crippen molar-refractivity contribution < 1.29 is 4.79 Å². The van der Waals surface area contributed by atoms with Gasteiger partial charge in [-0.2, -0.15) is 0 Å².